The Bertz CT molecular complexity index is 897. The maximum absolute atomic E-state index is 12.8. The van der Waals surface area contributed by atoms with Crippen molar-refractivity contribution in [1.82, 2.24) is 5.32 Å². The van der Waals surface area contributed by atoms with Crippen LogP contribution in [0.15, 0.2) is 72.8 Å². The van der Waals surface area contributed by atoms with E-state index in [1.165, 1.54) is 16.7 Å². The number of hydrogen-bond donors (Lipinski definition) is 1. The predicted octanol–water partition coefficient (Wildman–Crippen LogP) is 5.31. The van der Waals surface area contributed by atoms with E-state index in [-0.39, 0.29) is 11.9 Å². The number of benzene rings is 3. The van der Waals surface area contributed by atoms with Crippen molar-refractivity contribution in [3.8, 4) is 0 Å². The molecule has 0 aromatic heterocycles. The molecule has 0 bridgehead atoms. The van der Waals surface area contributed by atoms with E-state index in [1.807, 2.05) is 30.3 Å². The standard InChI is InChI=1S/C25H27NO/c1-4-20-11-13-21(14-12-20)17-24(27)26-25(22-8-6-5-7-9-22)23-15-10-18(2)16-19(23)3/h5-16,25H,4,17H2,1-3H3,(H,26,27)/t25-/m1/s1. The molecule has 0 unspecified atom stereocenters. The molecule has 0 aliphatic carbocycles. The van der Waals surface area contributed by atoms with Gasteiger partial charge in [0.2, 0.25) is 5.91 Å². The quantitative estimate of drug-likeness (QED) is 0.636. The van der Waals surface area contributed by atoms with E-state index in [0.717, 1.165) is 23.1 Å². The topological polar surface area (TPSA) is 29.1 Å². The van der Waals surface area contributed by atoms with Crippen LogP contribution in [-0.2, 0) is 17.6 Å². The highest BCUT2D eigenvalue weighted by molar-refractivity contribution is 5.79. The Kier molecular flexibility index (Phi) is 6.08. The van der Waals surface area contributed by atoms with E-state index >= 15 is 0 Å². The van der Waals surface area contributed by atoms with Crippen LogP contribution in [0.1, 0.15) is 46.3 Å². The fraction of sp³-hybridized carbons (Fsp3) is 0.240. The van der Waals surface area contributed by atoms with Gasteiger partial charge in [-0.2, -0.15) is 0 Å². The minimum Gasteiger partial charge on any atom is -0.345 e. The molecule has 0 fully saturated rings. The summed E-state index contributed by atoms with van der Waals surface area (Å²) in [6, 6.07) is 24.7. The minimum absolute atomic E-state index is 0.0353. The number of hydrogen-bond acceptors (Lipinski definition) is 1. The van der Waals surface area contributed by atoms with E-state index < -0.39 is 0 Å². The second kappa shape index (κ2) is 8.68. The first-order valence-electron chi connectivity index (χ1n) is 9.56. The maximum atomic E-state index is 12.8. The zero-order valence-electron chi connectivity index (χ0n) is 16.3. The molecule has 0 saturated heterocycles. The van der Waals surface area contributed by atoms with Gasteiger partial charge in [-0.25, -0.2) is 0 Å². The zero-order valence-corrected chi connectivity index (χ0v) is 16.3. The van der Waals surface area contributed by atoms with Crippen molar-refractivity contribution in [3.63, 3.8) is 0 Å². The lowest BCUT2D eigenvalue weighted by Gasteiger charge is -2.22. The molecule has 27 heavy (non-hydrogen) atoms. The van der Waals surface area contributed by atoms with E-state index in [4.69, 9.17) is 0 Å². The Morgan fingerprint density at radius 1 is 0.889 bits per heavy atom. The molecule has 138 valence electrons. The van der Waals surface area contributed by atoms with Gasteiger partial charge in [0.15, 0.2) is 0 Å². The fourth-order valence-electron chi connectivity index (χ4n) is 3.43. The third-order valence-electron chi connectivity index (χ3n) is 4.97. The number of rotatable bonds is 6. The van der Waals surface area contributed by atoms with Crippen molar-refractivity contribution in [2.24, 2.45) is 0 Å². The molecule has 2 heteroatoms. The van der Waals surface area contributed by atoms with E-state index in [9.17, 15) is 4.79 Å². The summed E-state index contributed by atoms with van der Waals surface area (Å²) in [5.74, 6) is 0.0353. The van der Waals surface area contributed by atoms with Crippen LogP contribution in [-0.4, -0.2) is 5.91 Å². The Hall–Kier alpha value is -2.87. The largest absolute Gasteiger partial charge is 0.345 e. The first kappa shape index (κ1) is 18.9. The SMILES string of the molecule is CCc1ccc(CC(=O)N[C@H](c2ccccc2)c2ccc(C)cc2C)cc1. The van der Waals surface area contributed by atoms with Crippen LogP contribution >= 0.6 is 0 Å². The molecule has 1 atom stereocenters. The maximum Gasteiger partial charge on any atom is 0.225 e. The monoisotopic (exact) mass is 357 g/mol. The van der Waals surface area contributed by atoms with Crippen molar-refractivity contribution in [3.05, 3.63) is 106 Å². The van der Waals surface area contributed by atoms with Gasteiger partial charge in [0.25, 0.3) is 0 Å². The molecule has 0 radical (unpaired) electrons. The first-order chi connectivity index (χ1) is 13.1. The van der Waals surface area contributed by atoms with Gasteiger partial charge < -0.3 is 5.32 Å². The summed E-state index contributed by atoms with van der Waals surface area (Å²) >= 11 is 0. The van der Waals surface area contributed by atoms with Crippen LogP contribution in [0.3, 0.4) is 0 Å². The van der Waals surface area contributed by atoms with Crippen LogP contribution < -0.4 is 5.32 Å². The summed E-state index contributed by atoms with van der Waals surface area (Å²) in [5, 5.41) is 3.25. The van der Waals surface area contributed by atoms with Gasteiger partial charge in [-0.15, -0.1) is 0 Å². The molecule has 3 aromatic rings. The predicted molar refractivity (Wildman–Crippen MR) is 112 cm³/mol. The molecular weight excluding hydrogens is 330 g/mol. The number of amides is 1. The lowest BCUT2D eigenvalue weighted by Crippen LogP contribution is -2.31. The Morgan fingerprint density at radius 3 is 2.19 bits per heavy atom. The van der Waals surface area contributed by atoms with Crippen LogP contribution in [0.4, 0.5) is 0 Å². The molecule has 0 heterocycles. The number of carbonyl (C=O) groups is 1. The normalized spacial score (nSPS) is 11.8. The van der Waals surface area contributed by atoms with Crippen molar-refractivity contribution in [1.29, 1.82) is 0 Å². The average molecular weight is 357 g/mol. The van der Waals surface area contributed by atoms with Gasteiger partial charge in [-0.1, -0.05) is 85.3 Å². The summed E-state index contributed by atoms with van der Waals surface area (Å²) in [5.41, 5.74) is 6.98. The lowest BCUT2D eigenvalue weighted by atomic mass is 9.93. The molecule has 0 spiro atoms. The zero-order chi connectivity index (χ0) is 19.2. The fourth-order valence-corrected chi connectivity index (χ4v) is 3.43. The minimum atomic E-state index is -0.144. The smallest absolute Gasteiger partial charge is 0.225 e. The van der Waals surface area contributed by atoms with Gasteiger partial charge >= 0.3 is 0 Å². The Morgan fingerprint density at radius 2 is 1.56 bits per heavy atom. The van der Waals surface area contributed by atoms with Gasteiger partial charge in [-0.3, -0.25) is 4.79 Å². The summed E-state index contributed by atoms with van der Waals surface area (Å²) in [7, 11) is 0. The van der Waals surface area contributed by atoms with Crippen LogP contribution in [0, 0.1) is 13.8 Å². The van der Waals surface area contributed by atoms with Crippen LogP contribution in [0.25, 0.3) is 0 Å². The Labute approximate surface area is 162 Å². The molecular formula is C25H27NO. The molecule has 3 aromatic carbocycles. The van der Waals surface area contributed by atoms with E-state index in [0.29, 0.717) is 6.42 Å². The number of carbonyl (C=O) groups excluding carboxylic acids is 1. The highest BCUT2D eigenvalue weighted by Crippen LogP contribution is 2.26. The molecule has 2 nitrogen and oxygen atoms in total. The van der Waals surface area contributed by atoms with E-state index in [2.05, 4.69) is 68.6 Å². The molecule has 3 rings (SSSR count). The highest BCUT2D eigenvalue weighted by atomic mass is 16.1. The highest BCUT2D eigenvalue weighted by Gasteiger charge is 2.18. The molecule has 1 N–H and O–H groups in total. The number of aryl methyl sites for hydroxylation is 3. The first-order valence-corrected chi connectivity index (χ1v) is 9.56. The van der Waals surface area contributed by atoms with Crippen molar-refractivity contribution >= 4 is 5.91 Å². The molecule has 0 saturated carbocycles. The van der Waals surface area contributed by atoms with Gasteiger partial charge in [0.05, 0.1) is 12.5 Å². The van der Waals surface area contributed by atoms with E-state index in [1.54, 1.807) is 0 Å². The summed E-state index contributed by atoms with van der Waals surface area (Å²) < 4.78 is 0. The van der Waals surface area contributed by atoms with Crippen molar-refractivity contribution in [2.45, 2.75) is 39.7 Å². The summed E-state index contributed by atoms with van der Waals surface area (Å²) in [6.07, 6.45) is 1.40. The third kappa shape index (κ3) is 4.85. The number of nitrogens with one attached hydrogen (secondary N) is 1. The third-order valence-corrected chi connectivity index (χ3v) is 4.97. The van der Waals surface area contributed by atoms with Gasteiger partial charge in [0, 0.05) is 0 Å². The average Bonchev–Trinajstić information content (AvgIpc) is 2.68. The van der Waals surface area contributed by atoms with Crippen LogP contribution in [0.5, 0.6) is 0 Å². The second-order valence-corrected chi connectivity index (χ2v) is 7.12. The van der Waals surface area contributed by atoms with Gasteiger partial charge in [0.1, 0.15) is 0 Å². The molecule has 1 amide bonds. The van der Waals surface area contributed by atoms with Gasteiger partial charge in [-0.05, 0) is 48.1 Å². The Balaban J connectivity index is 1.83. The molecule has 0 aliphatic heterocycles. The van der Waals surface area contributed by atoms with Crippen molar-refractivity contribution in [2.75, 3.05) is 0 Å². The molecule has 0 aliphatic rings. The summed E-state index contributed by atoms with van der Waals surface area (Å²) in [4.78, 5) is 12.8. The summed E-state index contributed by atoms with van der Waals surface area (Å²) in [6.45, 7) is 6.33. The van der Waals surface area contributed by atoms with Crippen molar-refractivity contribution < 1.29 is 4.79 Å². The van der Waals surface area contributed by atoms with Crippen LogP contribution in [0.2, 0.25) is 0 Å². The lowest BCUT2D eigenvalue weighted by molar-refractivity contribution is -0.120. The second-order valence-electron chi connectivity index (χ2n) is 7.12.